The fourth-order valence-corrected chi connectivity index (χ4v) is 3.97. The van der Waals surface area contributed by atoms with E-state index in [1.54, 1.807) is 24.2 Å². The van der Waals surface area contributed by atoms with Gasteiger partial charge in [-0.25, -0.2) is 4.79 Å². The van der Waals surface area contributed by atoms with Crippen LogP contribution < -0.4 is 5.56 Å². The van der Waals surface area contributed by atoms with Crippen molar-refractivity contribution in [2.45, 2.75) is 45.1 Å². The number of ether oxygens (including phenoxy) is 1. The van der Waals surface area contributed by atoms with Crippen LogP contribution in [0.25, 0.3) is 0 Å². The topological polar surface area (TPSA) is 71.8 Å². The van der Waals surface area contributed by atoms with Gasteiger partial charge in [-0.15, -0.1) is 0 Å². The molecule has 0 aliphatic carbocycles. The molecule has 7 heteroatoms. The van der Waals surface area contributed by atoms with E-state index in [-0.39, 0.29) is 17.6 Å². The van der Waals surface area contributed by atoms with Gasteiger partial charge in [0.15, 0.2) is 0 Å². The van der Waals surface area contributed by atoms with E-state index in [0.29, 0.717) is 44.0 Å². The second kappa shape index (κ2) is 7.74. The van der Waals surface area contributed by atoms with Gasteiger partial charge in [0.05, 0.1) is 12.1 Å². The monoisotopic (exact) mass is 375 g/mol. The van der Waals surface area contributed by atoms with Gasteiger partial charge in [-0.2, -0.15) is 0 Å². The van der Waals surface area contributed by atoms with Gasteiger partial charge in [-0.05, 0) is 12.0 Å². The molecular weight excluding hydrogens is 346 g/mol. The maximum Gasteiger partial charge on any atom is 0.410 e. The molecule has 0 bridgehead atoms. The van der Waals surface area contributed by atoms with Crippen LogP contribution in [-0.2, 0) is 11.8 Å². The number of aryl methyl sites for hydroxylation is 1. The maximum atomic E-state index is 12.7. The highest BCUT2D eigenvalue weighted by Crippen LogP contribution is 2.34. The molecule has 0 saturated carbocycles. The van der Waals surface area contributed by atoms with Crippen molar-refractivity contribution in [1.82, 2.24) is 14.4 Å². The highest BCUT2D eigenvalue weighted by atomic mass is 16.6. The summed E-state index contributed by atoms with van der Waals surface area (Å²) in [5.41, 5.74) is -0.102. The first-order chi connectivity index (χ1) is 12.9. The second-order valence-electron chi connectivity index (χ2n) is 7.77. The average Bonchev–Trinajstić information content (AvgIpc) is 2.96. The lowest BCUT2D eigenvalue weighted by Crippen LogP contribution is -2.49. The molecule has 148 valence electrons. The molecule has 0 radical (unpaired) electrons. The Hall–Kier alpha value is -2.31. The molecule has 2 aliphatic rings. The van der Waals surface area contributed by atoms with E-state index < -0.39 is 5.60 Å². The SMILES string of the molecule is CCC(CC)CN1CC2(CCN(C(=O)c3ccc(=O)n(C)c3)CC2)OC1=O. The number of nitrogens with zero attached hydrogens (tertiary/aromatic N) is 3. The minimum absolute atomic E-state index is 0.0846. The number of hydrogen-bond donors (Lipinski definition) is 0. The van der Waals surface area contributed by atoms with E-state index in [1.165, 1.54) is 10.6 Å². The first-order valence-corrected chi connectivity index (χ1v) is 9.81. The number of likely N-dealkylation sites (tertiary alicyclic amines) is 1. The smallest absolute Gasteiger partial charge is 0.410 e. The van der Waals surface area contributed by atoms with Crippen LogP contribution >= 0.6 is 0 Å². The molecule has 2 fully saturated rings. The average molecular weight is 375 g/mol. The Kier molecular flexibility index (Phi) is 5.58. The number of carbonyl (C=O) groups excluding carboxylic acids is 2. The van der Waals surface area contributed by atoms with Gasteiger partial charge in [0.1, 0.15) is 5.60 Å². The highest BCUT2D eigenvalue weighted by Gasteiger charge is 2.47. The molecule has 0 atom stereocenters. The minimum atomic E-state index is -0.469. The van der Waals surface area contributed by atoms with Crippen LogP contribution in [-0.4, -0.2) is 58.1 Å². The first kappa shape index (κ1) is 19.5. The summed E-state index contributed by atoms with van der Waals surface area (Å²) in [5.74, 6) is 0.415. The number of aromatic nitrogens is 1. The number of carbonyl (C=O) groups is 2. The quantitative estimate of drug-likeness (QED) is 0.791. The van der Waals surface area contributed by atoms with Gasteiger partial charge in [0.25, 0.3) is 5.91 Å². The van der Waals surface area contributed by atoms with Gasteiger partial charge in [-0.1, -0.05) is 26.7 Å². The Bertz CT molecular complexity index is 761. The van der Waals surface area contributed by atoms with Crippen molar-refractivity contribution in [2.24, 2.45) is 13.0 Å². The number of amides is 2. The molecule has 0 N–H and O–H groups in total. The summed E-state index contributed by atoms with van der Waals surface area (Å²) in [4.78, 5) is 40.1. The Morgan fingerprint density at radius 3 is 2.44 bits per heavy atom. The number of pyridine rings is 1. The fourth-order valence-electron chi connectivity index (χ4n) is 3.97. The second-order valence-corrected chi connectivity index (χ2v) is 7.77. The Labute approximate surface area is 159 Å². The number of hydrogen-bond acceptors (Lipinski definition) is 4. The van der Waals surface area contributed by atoms with Crippen molar-refractivity contribution in [3.8, 4) is 0 Å². The van der Waals surface area contributed by atoms with Crippen LogP contribution in [0.2, 0.25) is 0 Å². The Balaban J connectivity index is 1.61. The van der Waals surface area contributed by atoms with Crippen LogP contribution in [0, 0.1) is 5.92 Å². The van der Waals surface area contributed by atoms with Crippen molar-refractivity contribution < 1.29 is 14.3 Å². The van der Waals surface area contributed by atoms with E-state index in [9.17, 15) is 14.4 Å². The molecule has 2 aliphatic heterocycles. The van der Waals surface area contributed by atoms with E-state index in [2.05, 4.69) is 13.8 Å². The molecule has 3 rings (SSSR count). The summed E-state index contributed by atoms with van der Waals surface area (Å²) in [5, 5.41) is 0. The van der Waals surface area contributed by atoms with E-state index in [1.807, 2.05) is 4.90 Å². The third-order valence-electron chi connectivity index (χ3n) is 5.97. The maximum absolute atomic E-state index is 12.7. The summed E-state index contributed by atoms with van der Waals surface area (Å²) >= 11 is 0. The third kappa shape index (κ3) is 4.01. The zero-order valence-electron chi connectivity index (χ0n) is 16.4. The van der Waals surface area contributed by atoms with Gasteiger partial charge in [0.2, 0.25) is 5.56 Å². The van der Waals surface area contributed by atoms with Gasteiger partial charge >= 0.3 is 6.09 Å². The molecule has 0 aromatic carbocycles. The van der Waals surface area contributed by atoms with Crippen LogP contribution in [0.15, 0.2) is 23.1 Å². The molecule has 7 nitrogen and oxygen atoms in total. The van der Waals surface area contributed by atoms with E-state index >= 15 is 0 Å². The van der Waals surface area contributed by atoms with Crippen molar-refractivity contribution in [1.29, 1.82) is 0 Å². The van der Waals surface area contributed by atoms with Crippen molar-refractivity contribution in [3.05, 3.63) is 34.2 Å². The predicted molar refractivity (Wildman–Crippen MR) is 102 cm³/mol. The summed E-state index contributed by atoms with van der Waals surface area (Å²) in [6.07, 6.45) is 4.75. The molecule has 27 heavy (non-hydrogen) atoms. The zero-order chi connectivity index (χ0) is 19.6. The summed E-state index contributed by atoms with van der Waals surface area (Å²) < 4.78 is 7.17. The van der Waals surface area contributed by atoms with Crippen molar-refractivity contribution >= 4 is 12.0 Å². The normalized spacial score (nSPS) is 19.0. The van der Waals surface area contributed by atoms with Crippen LogP contribution in [0.4, 0.5) is 4.79 Å². The van der Waals surface area contributed by atoms with Gasteiger partial charge in [-0.3, -0.25) is 9.59 Å². The van der Waals surface area contributed by atoms with Crippen molar-refractivity contribution in [2.75, 3.05) is 26.2 Å². The summed E-state index contributed by atoms with van der Waals surface area (Å²) in [6, 6.07) is 2.98. The Morgan fingerprint density at radius 1 is 1.19 bits per heavy atom. The van der Waals surface area contributed by atoms with E-state index in [0.717, 1.165) is 19.4 Å². The van der Waals surface area contributed by atoms with Gasteiger partial charge in [0, 0.05) is 51.8 Å². The lowest BCUT2D eigenvalue weighted by atomic mass is 9.90. The summed E-state index contributed by atoms with van der Waals surface area (Å²) in [6.45, 7) is 6.75. The van der Waals surface area contributed by atoms with Crippen LogP contribution in [0.3, 0.4) is 0 Å². The molecule has 3 heterocycles. The predicted octanol–water partition coefficient (Wildman–Crippen LogP) is 2.25. The Morgan fingerprint density at radius 2 is 1.85 bits per heavy atom. The molecule has 1 aromatic heterocycles. The highest BCUT2D eigenvalue weighted by molar-refractivity contribution is 5.94. The number of rotatable bonds is 5. The molecule has 1 spiro atoms. The molecule has 1 aromatic rings. The van der Waals surface area contributed by atoms with Crippen LogP contribution in [0.1, 0.15) is 49.9 Å². The fraction of sp³-hybridized carbons (Fsp3) is 0.650. The first-order valence-electron chi connectivity index (χ1n) is 9.81. The molecule has 0 unspecified atom stereocenters. The molecule has 2 amide bonds. The van der Waals surface area contributed by atoms with E-state index in [4.69, 9.17) is 4.74 Å². The van der Waals surface area contributed by atoms with Crippen LogP contribution in [0.5, 0.6) is 0 Å². The molecular formula is C20H29N3O4. The van der Waals surface area contributed by atoms with Crippen molar-refractivity contribution in [3.63, 3.8) is 0 Å². The third-order valence-corrected chi connectivity index (χ3v) is 5.97. The van der Waals surface area contributed by atoms with Gasteiger partial charge < -0.3 is 19.1 Å². The lowest BCUT2D eigenvalue weighted by Gasteiger charge is -2.37. The summed E-state index contributed by atoms with van der Waals surface area (Å²) in [7, 11) is 1.64. The molecule has 2 saturated heterocycles. The number of piperidine rings is 1. The largest absolute Gasteiger partial charge is 0.441 e. The standard InChI is InChI=1S/C20H29N3O4/c1-4-15(5-2)12-23-14-20(27-19(23)26)8-10-22(11-9-20)18(25)16-6-7-17(24)21(3)13-16/h6-7,13,15H,4-5,8-12,14H2,1-3H3. The lowest BCUT2D eigenvalue weighted by molar-refractivity contribution is 0.00309. The minimum Gasteiger partial charge on any atom is -0.441 e. The zero-order valence-corrected chi connectivity index (χ0v) is 16.4.